The number of hydrogen-bond donors (Lipinski definition) is 2. The molecule has 4 heteroatoms. The lowest BCUT2D eigenvalue weighted by Gasteiger charge is -2.07. The van der Waals surface area contributed by atoms with Crippen LogP contribution >= 0.6 is 15.9 Å². The normalized spacial score (nSPS) is 12.5. The quantitative estimate of drug-likeness (QED) is 0.843. The summed E-state index contributed by atoms with van der Waals surface area (Å²) >= 11 is 3.27. The Morgan fingerprint density at radius 2 is 2.00 bits per heavy atom. The molecule has 70 valence electrons. The Morgan fingerprint density at radius 3 is 2.46 bits per heavy atom. The summed E-state index contributed by atoms with van der Waals surface area (Å²) in [6, 6.07) is 7.11. The van der Waals surface area contributed by atoms with Gasteiger partial charge in [-0.3, -0.25) is 4.79 Å². The number of aliphatic hydroxyl groups excluding tert-OH is 1. The van der Waals surface area contributed by atoms with Gasteiger partial charge in [-0.2, -0.15) is 0 Å². The van der Waals surface area contributed by atoms with Crippen LogP contribution in [0.4, 0.5) is 0 Å². The summed E-state index contributed by atoms with van der Waals surface area (Å²) < 4.78 is 0.933. The Kier molecular flexibility index (Phi) is 3.45. The molecule has 3 N–H and O–H groups in total. The van der Waals surface area contributed by atoms with Crippen LogP contribution < -0.4 is 5.73 Å². The van der Waals surface area contributed by atoms with Crippen LogP contribution in [0.1, 0.15) is 18.1 Å². The van der Waals surface area contributed by atoms with Crippen LogP contribution in [0.25, 0.3) is 0 Å². The minimum absolute atomic E-state index is 0.0400. The van der Waals surface area contributed by atoms with Crippen LogP contribution in [-0.4, -0.2) is 11.0 Å². The van der Waals surface area contributed by atoms with Crippen molar-refractivity contribution in [1.29, 1.82) is 0 Å². The Labute approximate surface area is 84.7 Å². The van der Waals surface area contributed by atoms with Gasteiger partial charge in [0, 0.05) is 4.47 Å². The van der Waals surface area contributed by atoms with Crippen molar-refractivity contribution < 1.29 is 9.90 Å². The first-order valence-electron chi connectivity index (χ1n) is 3.81. The van der Waals surface area contributed by atoms with Crippen LogP contribution in [0.15, 0.2) is 28.7 Å². The largest absolute Gasteiger partial charge is 0.388 e. The highest BCUT2D eigenvalue weighted by Gasteiger charge is 2.09. The van der Waals surface area contributed by atoms with E-state index in [1.54, 1.807) is 24.3 Å². The molecule has 0 aromatic heterocycles. The van der Waals surface area contributed by atoms with Crippen molar-refractivity contribution in [2.75, 3.05) is 0 Å². The Hall–Kier alpha value is -0.870. The molecule has 13 heavy (non-hydrogen) atoms. The zero-order valence-electron chi connectivity index (χ0n) is 6.90. The molecule has 0 saturated heterocycles. The molecule has 1 unspecified atom stereocenters. The summed E-state index contributed by atoms with van der Waals surface area (Å²) in [6.45, 7) is 0. The van der Waals surface area contributed by atoms with Gasteiger partial charge in [0.1, 0.15) is 0 Å². The lowest BCUT2D eigenvalue weighted by molar-refractivity contribution is -0.119. The molecule has 0 fully saturated rings. The Morgan fingerprint density at radius 1 is 1.46 bits per heavy atom. The molecule has 1 atom stereocenters. The molecule has 0 aliphatic heterocycles. The van der Waals surface area contributed by atoms with Crippen LogP contribution in [0.2, 0.25) is 0 Å². The van der Waals surface area contributed by atoms with E-state index in [-0.39, 0.29) is 6.42 Å². The van der Waals surface area contributed by atoms with E-state index >= 15 is 0 Å². The molecular weight excluding hydrogens is 234 g/mol. The number of primary amides is 1. The summed E-state index contributed by atoms with van der Waals surface area (Å²) in [5.74, 6) is -0.504. The summed E-state index contributed by atoms with van der Waals surface area (Å²) in [4.78, 5) is 10.5. The monoisotopic (exact) mass is 243 g/mol. The van der Waals surface area contributed by atoms with Crippen molar-refractivity contribution in [2.45, 2.75) is 12.5 Å². The van der Waals surface area contributed by atoms with Gasteiger partial charge in [-0.25, -0.2) is 0 Å². The van der Waals surface area contributed by atoms with E-state index in [4.69, 9.17) is 5.73 Å². The molecule has 1 rings (SSSR count). The SMILES string of the molecule is NC(=O)CC(O)c1ccc(Br)cc1. The number of nitrogens with two attached hydrogens (primary N) is 1. The number of amides is 1. The number of hydrogen-bond acceptors (Lipinski definition) is 2. The second-order valence-electron chi connectivity index (χ2n) is 2.74. The predicted molar refractivity (Wildman–Crippen MR) is 52.9 cm³/mol. The van der Waals surface area contributed by atoms with E-state index < -0.39 is 12.0 Å². The number of carbonyl (C=O) groups excluding carboxylic acids is 1. The fraction of sp³-hybridized carbons (Fsp3) is 0.222. The third kappa shape index (κ3) is 3.16. The zero-order valence-corrected chi connectivity index (χ0v) is 8.49. The molecule has 0 saturated carbocycles. The first-order chi connectivity index (χ1) is 6.09. The molecule has 3 nitrogen and oxygen atoms in total. The minimum atomic E-state index is -0.800. The van der Waals surface area contributed by atoms with Crippen molar-refractivity contribution in [3.05, 3.63) is 34.3 Å². The number of aliphatic hydroxyl groups is 1. The van der Waals surface area contributed by atoms with Crippen LogP contribution in [0.5, 0.6) is 0 Å². The van der Waals surface area contributed by atoms with E-state index in [0.717, 1.165) is 4.47 Å². The predicted octanol–water partition coefficient (Wildman–Crippen LogP) is 1.36. The lowest BCUT2D eigenvalue weighted by atomic mass is 10.1. The highest BCUT2D eigenvalue weighted by molar-refractivity contribution is 9.10. The van der Waals surface area contributed by atoms with Crippen molar-refractivity contribution in [3.8, 4) is 0 Å². The third-order valence-electron chi connectivity index (χ3n) is 1.65. The van der Waals surface area contributed by atoms with E-state index in [9.17, 15) is 9.90 Å². The number of rotatable bonds is 3. The van der Waals surface area contributed by atoms with Gasteiger partial charge in [0.25, 0.3) is 0 Å². The van der Waals surface area contributed by atoms with Gasteiger partial charge >= 0.3 is 0 Å². The second-order valence-corrected chi connectivity index (χ2v) is 3.65. The third-order valence-corrected chi connectivity index (χ3v) is 2.18. The van der Waals surface area contributed by atoms with Crippen molar-refractivity contribution in [1.82, 2.24) is 0 Å². The van der Waals surface area contributed by atoms with Crippen molar-refractivity contribution in [2.24, 2.45) is 5.73 Å². The maximum absolute atomic E-state index is 10.5. The number of carbonyl (C=O) groups is 1. The van der Waals surface area contributed by atoms with E-state index in [1.165, 1.54) is 0 Å². The van der Waals surface area contributed by atoms with Crippen LogP contribution in [0, 0.1) is 0 Å². The topological polar surface area (TPSA) is 63.3 Å². The highest BCUT2D eigenvalue weighted by atomic mass is 79.9. The van der Waals surface area contributed by atoms with Crippen molar-refractivity contribution in [3.63, 3.8) is 0 Å². The fourth-order valence-corrected chi connectivity index (χ4v) is 1.26. The van der Waals surface area contributed by atoms with Crippen LogP contribution in [0.3, 0.4) is 0 Å². The molecular formula is C9H10BrNO2. The minimum Gasteiger partial charge on any atom is -0.388 e. The van der Waals surface area contributed by atoms with Gasteiger partial charge < -0.3 is 10.8 Å². The maximum atomic E-state index is 10.5. The molecule has 0 aliphatic rings. The maximum Gasteiger partial charge on any atom is 0.220 e. The molecule has 1 aromatic carbocycles. The van der Waals surface area contributed by atoms with Gasteiger partial charge in [0.15, 0.2) is 0 Å². The number of halogens is 1. The van der Waals surface area contributed by atoms with Gasteiger partial charge in [0.05, 0.1) is 12.5 Å². The number of benzene rings is 1. The Balaban J connectivity index is 2.71. The summed E-state index contributed by atoms with van der Waals surface area (Å²) in [5, 5.41) is 9.47. The van der Waals surface area contributed by atoms with E-state index in [0.29, 0.717) is 5.56 Å². The molecule has 0 radical (unpaired) electrons. The van der Waals surface area contributed by atoms with Gasteiger partial charge in [-0.05, 0) is 17.7 Å². The second kappa shape index (κ2) is 4.39. The highest BCUT2D eigenvalue weighted by Crippen LogP contribution is 2.18. The van der Waals surface area contributed by atoms with Gasteiger partial charge in [0.2, 0.25) is 5.91 Å². The first-order valence-corrected chi connectivity index (χ1v) is 4.60. The molecule has 1 aromatic rings. The van der Waals surface area contributed by atoms with Crippen LogP contribution in [-0.2, 0) is 4.79 Å². The summed E-state index contributed by atoms with van der Waals surface area (Å²) in [5.41, 5.74) is 5.65. The molecule has 0 heterocycles. The average Bonchev–Trinajstić information content (AvgIpc) is 2.04. The fourth-order valence-electron chi connectivity index (χ4n) is 0.993. The molecule has 0 aliphatic carbocycles. The smallest absolute Gasteiger partial charge is 0.220 e. The summed E-state index contributed by atoms with van der Waals surface area (Å²) in [6.07, 6.45) is -0.840. The lowest BCUT2D eigenvalue weighted by Crippen LogP contribution is -2.14. The summed E-state index contributed by atoms with van der Waals surface area (Å²) in [7, 11) is 0. The van der Waals surface area contributed by atoms with E-state index in [1.807, 2.05) is 0 Å². The van der Waals surface area contributed by atoms with Gasteiger partial charge in [-0.15, -0.1) is 0 Å². The molecule has 0 bridgehead atoms. The average molecular weight is 244 g/mol. The van der Waals surface area contributed by atoms with E-state index in [2.05, 4.69) is 15.9 Å². The molecule has 1 amide bonds. The standard InChI is InChI=1S/C9H10BrNO2/c10-7-3-1-6(2-4-7)8(12)5-9(11)13/h1-4,8,12H,5H2,(H2,11,13). The molecule has 0 spiro atoms. The first kappa shape index (κ1) is 10.2. The zero-order chi connectivity index (χ0) is 9.84. The van der Waals surface area contributed by atoms with Gasteiger partial charge in [-0.1, -0.05) is 28.1 Å². The Bertz CT molecular complexity index is 297. The van der Waals surface area contributed by atoms with Crippen molar-refractivity contribution >= 4 is 21.8 Å².